The number of aromatic nitrogens is 1. The van der Waals surface area contributed by atoms with Crippen molar-refractivity contribution in [2.24, 2.45) is 0 Å². The highest BCUT2D eigenvalue weighted by Crippen LogP contribution is 2.21. The number of carbonyl (C=O) groups is 1. The van der Waals surface area contributed by atoms with Crippen molar-refractivity contribution >= 4 is 17.2 Å². The molecule has 6 heteroatoms. The molecular formula is C14H23N3O2S. The molecule has 2 heterocycles. The summed E-state index contributed by atoms with van der Waals surface area (Å²) in [6.45, 7) is 9.25. The van der Waals surface area contributed by atoms with Crippen molar-refractivity contribution in [2.75, 3.05) is 26.2 Å². The van der Waals surface area contributed by atoms with Gasteiger partial charge in [0.25, 0.3) is 0 Å². The molecule has 1 fully saturated rings. The molecule has 1 aromatic rings. The van der Waals surface area contributed by atoms with Crippen molar-refractivity contribution < 1.29 is 9.53 Å². The lowest BCUT2D eigenvalue weighted by molar-refractivity contribution is -0.133. The molecule has 112 valence electrons. The van der Waals surface area contributed by atoms with Gasteiger partial charge in [-0.25, -0.2) is 4.98 Å². The van der Waals surface area contributed by atoms with Crippen molar-refractivity contribution in [1.82, 2.24) is 15.2 Å². The lowest BCUT2D eigenvalue weighted by Gasteiger charge is -2.33. The molecule has 2 rings (SSSR count). The Kier molecular flexibility index (Phi) is 5.51. The number of thiazole rings is 1. The number of hydrogen-bond donors (Lipinski definition) is 1. The fraction of sp³-hybridized carbons (Fsp3) is 0.714. The van der Waals surface area contributed by atoms with Crippen LogP contribution >= 0.6 is 11.3 Å². The molecule has 20 heavy (non-hydrogen) atoms. The third-order valence-corrected chi connectivity index (χ3v) is 4.54. The SMILES string of the molecule is CCO[C@H](C)c1nc(CC(=O)N2CCNC[C@H]2C)cs1. The van der Waals surface area contributed by atoms with Crippen LogP contribution in [0.15, 0.2) is 5.38 Å². The number of rotatable bonds is 5. The van der Waals surface area contributed by atoms with E-state index in [-0.39, 0.29) is 18.1 Å². The first-order valence-electron chi connectivity index (χ1n) is 7.18. The van der Waals surface area contributed by atoms with Gasteiger partial charge in [0.15, 0.2) is 0 Å². The van der Waals surface area contributed by atoms with E-state index in [0.29, 0.717) is 13.0 Å². The van der Waals surface area contributed by atoms with Crippen LogP contribution in [0, 0.1) is 0 Å². The summed E-state index contributed by atoms with van der Waals surface area (Å²) in [5, 5.41) is 6.21. The van der Waals surface area contributed by atoms with Crippen LogP contribution in [0.1, 0.15) is 37.6 Å². The Morgan fingerprint density at radius 1 is 1.70 bits per heavy atom. The number of nitrogens with one attached hydrogen (secondary N) is 1. The van der Waals surface area contributed by atoms with Crippen molar-refractivity contribution in [2.45, 2.75) is 39.3 Å². The van der Waals surface area contributed by atoms with Gasteiger partial charge in [0.05, 0.1) is 12.1 Å². The maximum atomic E-state index is 12.3. The highest BCUT2D eigenvalue weighted by Gasteiger charge is 2.23. The molecule has 1 aromatic heterocycles. The average molecular weight is 297 g/mol. The lowest BCUT2D eigenvalue weighted by atomic mass is 10.2. The number of hydrogen-bond acceptors (Lipinski definition) is 5. The van der Waals surface area contributed by atoms with Crippen LogP contribution in [0.3, 0.4) is 0 Å². The second kappa shape index (κ2) is 7.15. The van der Waals surface area contributed by atoms with Crippen LogP contribution in [-0.4, -0.2) is 48.1 Å². The molecule has 1 N–H and O–H groups in total. The van der Waals surface area contributed by atoms with Crippen molar-refractivity contribution in [3.05, 3.63) is 16.1 Å². The van der Waals surface area contributed by atoms with Crippen LogP contribution in [0.4, 0.5) is 0 Å². The quantitative estimate of drug-likeness (QED) is 0.897. The van der Waals surface area contributed by atoms with Gasteiger partial charge < -0.3 is 15.0 Å². The summed E-state index contributed by atoms with van der Waals surface area (Å²) >= 11 is 1.57. The van der Waals surface area contributed by atoms with Gasteiger partial charge in [0.1, 0.15) is 11.1 Å². The van der Waals surface area contributed by atoms with E-state index >= 15 is 0 Å². The zero-order chi connectivity index (χ0) is 14.5. The number of piperazine rings is 1. The Labute approximate surface area is 124 Å². The molecule has 0 unspecified atom stereocenters. The maximum Gasteiger partial charge on any atom is 0.228 e. The topological polar surface area (TPSA) is 54.5 Å². The second-order valence-electron chi connectivity index (χ2n) is 5.09. The van der Waals surface area contributed by atoms with E-state index < -0.39 is 0 Å². The number of ether oxygens (including phenoxy) is 1. The monoisotopic (exact) mass is 297 g/mol. The van der Waals surface area contributed by atoms with E-state index in [1.807, 2.05) is 24.1 Å². The van der Waals surface area contributed by atoms with Crippen LogP contribution in [-0.2, 0) is 16.0 Å². The summed E-state index contributed by atoms with van der Waals surface area (Å²) in [6, 6.07) is 0.261. The Hall–Kier alpha value is -0.980. The van der Waals surface area contributed by atoms with E-state index in [1.54, 1.807) is 11.3 Å². The zero-order valence-electron chi connectivity index (χ0n) is 12.4. The van der Waals surface area contributed by atoms with Gasteiger partial charge in [-0.1, -0.05) is 0 Å². The van der Waals surface area contributed by atoms with Gasteiger partial charge in [0, 0.05) is 37.7 Å². The van der Waals surface area contributed by atoms with Gasteiger partial charge in [-0.3, -0.25) is 4.79 Å². The van der Waals surface area contributed by atoms with Crippen molar-refractivity contribution in [1.29, 1.82) is 0 Å². The Bertz CT molecular complexity index is 449. The Morgan fingerprint density at radius 2 is 2.50 bits per heavy atom. The molecule has 0 saturated carbocycles. The lowest BCUT2D eigenvalue weighted by Crippen LogP contribution is -2.52. The molecule has 0 bridgehead atoms. The minimum atomic E-state index is 0.00645. The number of nitrogens with zero attached hydrogens (tertiary/aromatic N) is 2. The summed E-state index contributed by atoms with van der Waals surface area (Å²) in [7, 11) is 0. The van der Waals surface area contributed by atoms with Crippen molar-refractivity contribution in [3.8, 4) is 0 Å². The average Bonchev–Trinajstić information content (AvgIpc) is 2.88. The van der Waals surface area contributed by atoms with E-state index in [0.717, 1.165) is 30.3 Å². The molecule has 2 atom stereocenters. The molecule has 0 aliphatic carbocycles. The third kappa shape index (κ3) is 3.77. The fourth-order valence-corrected chi connectivity index (χ4v) is 3.20. The molecular weight excluding hydrogens is 274 g/mol. The largest absolute Gasteiger partial charge is 0.372 e. The highest BCUT2D eigenvalue weighted by atomic mass is 32.1. The zero-order valence-corrected chi connectivity index (χ0v) is 13.2. The van der Waals surface area contributed by atoms with Gasteiger partial charge >= 0.3 is 0 Å². The molecule has 1 amide bonds. The Balaban J connectivity index is 1.94. The summed E-state index contributed by atoms with van der Waals surface area (Å²) in [5.41, 5.74) is 0.854. The molecule has 1 aliphatic rings. The number of carbonyl (C=O) groups excluding carboxylic acids is 1. The molecule has 0 radical (unpaired) electrons. The van der Waals surface area contributed by atoms with Crippen LogP contribution in [0.2, 0.25) is 0 Å². The van der Waals surface area contributed by atoms with Crippen LogP contribution in [0.5, 0.6) is 0 Å². The molecule has 0 aromatic carbocycles. The third-order valence-electron chi connectivity index (χ3n) is 3.49. The first-order chi connectivity index (χ1) is 9.61. The van der Waals surface area contributed by atoms with Gasteiger partial charge in [-0.15, -0.1) is 11.3 Å². The van der Waals surface area contributed by atoms with Gasteiger partial charge in [-0.05, 0) is 20.8 Å². The van der Waals surface area contributed by atoms with Crippen LogP contribution in [0.25, 0.3) is 0 Å². The summed E-state index contributed by atoms with van der Waals surface area (Å²) in [5.74, 6) is 0.167. The smallest absolute Gasteiger partial charge is 0.228 e. The molecule has 1 saturated heterocycles. The maximum absolute atomic E-state index is 12.3. The summed E-state index contributed by atoms with van der Waals surface area (Å²) in [6.07, 6.45) is 0.395. The predicted octanol–water partition coefficient (Wildman–Crippen LogP) is 1.60. The first kappa shape index (κ1) is 15.4. The van der Waals surface area contributed by atoms with E-state index in [4.69, 9.17) is 4.74 Å². The second-order valence-corrected chi connectivity index (χ2v) is 5.98. The predicted molar refractivity (Wildman–Crippen MR) is 79.9 cm³/mol. The standard InChI is InChI=1S/C14H23N3O2S/c1-4-19-11(3)14-16-12(9-20-14)7-13(18)17-6-5-15-8-10(17)2/h9-11,15H,4-8H2,1-3H3/t10-,11-/m1/s1. The summed E-state index contributed by atoms with van der Waals surface area (Å²) in [4.78, 5) is 18.8. The van der Waals surface area contributed by atoms with Gasteiger partial charge in [-0.2, -0.15) is 0 Å². The molecule has 1 aliphatic heterocycles. The van der Waals surface area contributed by atoms with E-state index in [9.17, 15) is 4.79 Å². The first-order valence-corrected chi connectivity index (χ1v) is 8.05. The van der Waals surface area contributed by atoms with E-state index in [2.05, 4.69) is 17.2 Å². The minimum absolute atomic E-state index is 0.00645. The molecule has 5 nitrogen and oxygen atoms in total. The number of amides is 1. The van der Waals surface area contributed by atoms with Crippen molar-refractivity contribution in [3.63, 3.8) is 0 Å². The summed E-state index contributed by atoms with van der Waals surface area (Å²) < 4.78 is 5.52. The molecule has 0 spiro atoms. The minimum Gasteiger partial charge on any atom is -0.372 e. The van der Waals surface area contributed by atoms with E-state index in [1.165, 1.54) is 0 Å². The van der Waals surface area contributed by atoms with Gasteiger partial charge in [0.2, 0.25) is 5.91 Å². The Morgan fingerprint density at radius 3 is 3.20 bits per heavy atom. The highest BCUT2D eigenvalue weighted by molar-refractivity contribution is 7.09. The van der Waals surface area contributed by atoms with Crippen LogP contribution < -0.4 is 5.32 Å². The fourth-order valence-electron chi connectivity index (χ4n) is 2.38. The normalized spacial score (nSPS) is 20.9.